The number of unbranched alkanes of at least 4 members (excludes halogenated alkanes) is 1. The summed E-state index contributed by atoms with van der Waals surface area (Å²) >= 11 is 0. The van der Waals surface area contributed by atoms with E-state index >= 15 is 0 Å². The van der Waals surface area contributed by atoms with Crippen LogP contribution in [0.4, 0.5) is 0 Å². The summed E-state index contributed by atoms with van der Waals surface area (Å²) in [5.74, 6) is -1.88. The molecule has 1 aromatic carbocycles. The van der Waals surface area contributed by atoms with Crippen molar-refractivity contribution >= 4 is 11.8 Å². The van der Waals surface area contributed by atoms with E-state index in [1.54, 1.807) is 24.3 Å². The molecule has 0 aromatic heterocycles. The van der Waals surface area contributed by atoms with Crippen molar-refractivity contribution in [3.63, 3.8) is 0 Å². The van der Waals surface area contributed by atoms with Crippen molar-refractivity contribution in [1.29, 1.82) is 0 Å². The Kier molecular flexibility index (Phi) is 6.99. The van der Waals surface area contributed by atoms with Gasteiger partial charge in [0.2, 0.25) is 0 Å². The summed E-state index contributed by atoms with van der Waals surface area (Å²) in [6.07, 6.45) is 4.55. The van der Waals surface area contributed by atoms with Crippen molar-refractivity contribution in [2.24, 2.45) is 11.8 Å². The van der Waals surface area contributed by atoms with Crippen LogP contribution >= 0.6 is 0 Å². The molecule has 0 aliphatic rings. The van der Waals surface area contributed by atoms with Crippen LogP contribution in [0.25, 0.3) is 0 Å². The van der Waals surface area contributed by atoms with E-state index in [1.165, 1.54) is 0 Å². The normalized spacial score (nSPS) is 13.7. The van der Waals surface area contributed by atoms with Gasteiger partial charge in [-0.3, -0.25) is 9.59 Å². The highest BCUT2D eigenvalue weighted by Crippen LogP contribution is 2.24. The van der Waals surface area contributed by atoms with E-state index in [0.29, 0.717) is 17.9 Å². The third kappa shape index (κ3) is 4.80. The molecule has 2 unspecified atom stereocenters. The molecule has 1 rings (SSSR count). The number of rotatable bonds is 9. The third-order valence-electron chi connectivity index (χ3n) is 3.79. The fourth-order valence-corrected chi connectivity index (χ4v) is 2.44. The van der Waals surface area contributed by atoms with Gasteiger partial charge in [-0.2, -0.15) is 0 Å². The Morgan fingerprint density at radius 1 is 1.15 bits per heavy atom. The average Bonchev–Trinajstić information content (AvgIpc) is 2.47. The molecule has 0 saturated carbocycles. The summed E-state index contributed by atoms with van der Waals surface area (Å²) < 4.78 is 0. The van der Waals surface area contributed by atoms with Crippen molar-refractivity contribution in [2.75, 3.05) is 0 Å². The number of aliphatic carboxylic acids is 1. The molecular formula is C17H24O3. The van der Waals surface area contributed by atoms with Gasteiger partial charge in [-0.05, 0) is 12.3 Å². The summed E-state index contributed by atoms with van der Waals surface area (Å²) in [6.45, 7) is 4.18. The van der Waals surface area contributed by atoms with Gasteiger partial charge in [-0.15, -0.1) is 0 Å². The first-order valence-electron chi connectivity index (χ1n) is 7.42. The zero-order chi connectivity index (χ0) is 15.0. The van der Waals surface area contributed by atoms with Crippen LogP contribution in [0.5, 0.6) is 0 Å². The maximum atomic E-state index is 12.3. The fraction of sp³-hybridized carbons (Fsp3) is 0.529. The first kappa shape index (κ1) is 16.4. The van der Waals surface area contributed by atoms with Crippen LogP contribution in [0.2, 0.25) is 0 Å². The van der Waals surface area contributed by atoms with Gasteiger partial charge in [-0.25, -0.2) is 0 Å². The number of carboxylic acid groups (broad SMARTS) is 1. The molecule has 0 radical (unpaired) electrons. The lowest BCUT2D eigenvalue weighted by molar-refractivity contribution is -0.140. The minimum absolute atomic E-state index is 0.270. The van der Waals surface area contributed by atoms with Crippen LogP contribution < -0.4 is 0 Å². The van der Waals surface area contributed by atoms with Gasteiger partial charge >= 0.3 is 5.97 Å². The molecule has 0 heterocycles. The van der Waals surface area contributed by atoms with Gasteiger partial charge in [0.15, 0.2) is 5.78 Å². The predicted molar refractivity (Wildman–Crippen MR) is 79.8 cm³/mol. The van der Waals surface area contributed by atoms with Crippen LogP contribution in [0.3, 0.4) is 0 Å². The van der Waals surface area contributed by atoms with E-state index in [1.807, 2.05) is 6.07 Å². The van der Waals surface area contributed by atoms with Crippen molar-refractivity contribution in [2.45, 2.75) is 46.0 Å². The number of carbonyl (C=O) groups excluding carboxylic acids is 1. The molecule has 0 fully saturated rings. The number of carboxylic acids is 1. The molecule has 0 spiro atoms. The van der Waals surface area contributed by atoms with E-state index < -0.39 is 11.9 Å². The smallest absolute Gasteiger partial charge is 0.314 e. The molecular weight excluding hydrogens is 252 g/mol. The van der Waals surface area contributed by atoms with Crippen LogP contribution in [-0.4, -0.2) is 16.9 Å². The summed E-state index contributed by atoms with van der Waals surface area (Å²) in [6, 6.07) is 8.72. The van der Waals surface area contributed by atoms with Crippen molar-refractivity contribution in [1.82, 2.24) is 0 Å². The van der Waals surface area contributed by atoms with Crippen LogP contribution in [0, 0.1) is 11.8 Å². The van der Waals surface area contributed by atoms with Crippen molar-refractivity contribution in [3.05, 3.63) is 35.9 Å². The SMILES string of the molecule is CCCCC(CC)CC(C(=O)O)C(=O)c1ccccc1. The van der Waals surface area contributed by atoms with Crippen LogP contribution in [-0.2, 0) is 4.79 Å². The van der Waals surface area contributed by atoms with Gasteiger partial charge in [0.05, 0.1) is 0 Å². The largest absolute Gasteiger partial charge is 0.481 e. The van der Waals surface area contributed by atoms with Crippen LogP contribution in [0.15, 0.2) is 30.3 Å². The Bertz CT molecular complexity index is 425. The Morgan fingerprint density at radius 3 is 2.30 bits per heavy atom. The Labute approximate surface area is 121 Å². The molecule has 3 heteroatoms. The molecule has 0 amide bonds. The molecule has 0 bridgehead atoms. The standard InChI is InChI=1S/C17H24O3/c1-3-5-9-13(4-2)12-15(17(19)20)16(18)14-10-7-6-8-11-14/h6-8,10-11,13,15H,3-5,9,12H2,1-2H3,(H,19,20). The summed E-state index contributed by atoms with van der Waals surface area (Å²) in [5.41, 5.74) is 0.491. The quantitative estimate of drug-likeness (QED) is 0.544. The summed E-state index contributed by atoms with van der Waals surface area (Å²) in [4.78, 5) is 23.7. The molecule has 3 nitrogen and oxygen atoms in total. The molecule has 0 saturated heterocycles. The lowest BCUT2D eigenvalue weighted by Gasteiger charge is -2.19. The van der Waals surface area contributed by atoms with E-state index in [9.17, 15) is 14.7 Å². The highest BCUT2D eigenvalue weighted by molar-refractivity contribution is 6.08. The predicted octanol–water partition coefficient (Wildman–Crippen LogP) is 4.18. The second-order valence-electron chi connectivity index (χ2n) is 5.27. The third-order valence-corrected chi connectivity index (χ3v) is 3.79. The first-order valence-corrected chi connectivity index (χ1v) is 7.42. The summed E-state index contributed by atoms with van der Waals surface area (Å²) in [7, 11) is 0. The van der Waals surface area contributed by atoms with Gasteiger partial charge in [0.1, 0.15) is 5.92 Å². The van der Waals surface area contributed by atoms with Gasteiger partial charge < -0.3 is 5.11 Å². The van der Waals surface area contributed by atoms with E-state index in [-0.39, 0.29) is 5.78 Å². The lowest BCUT2D eigenvalue weighted by Crippen LogP contribution is -2.26. The summed E-state index contributed by atoms with van der Waals surface area (Å²) in [5, 5.41) is 9.35. The molecule has 1 aromatic rings. The van der Waals surface area contributed by atoms with Crippen molar-refractivity contribution < 1.29 is 14.7 Å². The minimum Gasteiger partial charge on any atom is -0.481 e. The van der Waals surface area contributed by atoms with Gasteiger partial charge in [0, 0.05) is 5.56 Å². The number of ketones is 1. The zero-order valence-electron chi connectivity index (χ0n) is 12.3. The Morgan fingerprint density at radius 2 is 1.80 bits per heavy atom. The number of hydrogen-bond acceptors (Lipinski definition) is 2. The number of carbonyl (C=O) groups is 2. The molecule has 2 atom stereocenters. The number of hydrogen-bond donors (Lipinski definition) is 1. The zero-order valence-corrected chi connectivity index (χ0v) is 12.3. The topological polar surface area (TPSA) is 54.4 Å². The molecule has 0 aliphatic carbocycles. The first-order chi connectivity index (χ1) is 9.60. The van der Waals surface area contributed by atoms with Crippen molar-refractivity contribution in [3.8, 4) is 0 Å². The lowest BCUT2D eigenvalue weighted by atomic mass is 9.85. The Hall–Kier alpha value is -1.64. The van der Waals surface area contributed by atoms with Crippen LogP contribution in [0.1, 0.15) is 56.3 Å². The molecule has 1 N–H and O–H groups in total. The fourth-order valence-electron chi connectivity index (χ4n) is 2.44. The molecule has 0 aliphatic heterocycles. The minimum atomic E-state index is -1.01. The molecule has 20 heavy (non-hydrogen) atoms. The van der Waals surface area contributed by atoms with Gasteiger partial charge in [-0.1, -0.05) is 69.9 Å². The van der Waals surface area contributed by atoms with E-state index in [0.717, 1.165) is 25.7 Å². The second-order valence-corrected chi connectivity index (χ2v) is 5.27. The van der Waals surface area contributed by atoms with E-state index in [4.69, 9.17) is 0 Å². The highest BCUT2D eigenvalue weighted by Gasteiger charge is 2.29. The maximum absolute atomic E-state index is 12.3. The van der Waals surface area contributed by atoms with E-state index in [2.05, 4.69) is 13.8 Å². The molecule has 110 valence electrons. The Balaban J connectivity index is 2.78. The number of Topliss-reactive ketones (excluding diaryl/α,β-unsaturated/α-hetero) is 1. The second kappa shape index (κ2) is 8.51. The highest BCUT2D eigenvalue weighted by atomic mass is 16.4. The van der Waals surface area contributed by atoms with Gasteiger partial charge in [0.25, 0.3) is 0 Å². The number of benzene rings is 1. The maximum Gasteiger partial charge on any atom is 0.314 e. The monoisotopic (exact) mass is 276 g/mol. The average molecular weight is 276 g/mol.